The molecule has 2 aromatic rings. The minimum absolute atomic E-state index is 0.832. The van der Waals surface area contributed by atoms with Gasteiger partial charge in [0.1, 0.15) is 0 Å². The van der Waals surface area contributed by atoms with E-state index in [1.165, 1.54) is 15.8 Å². The predicted octanol–water partition coefficient (Wildman–Crippen LogP) is 3.58. The van der Waals surface area contributed by atoms with Crippen LogP contribution in [-0.4, -0.2) is 6.29 Å². The van der Waals surface area contributed by atoms with Crippen LogP contribution in [0, 0.1) is 6.92 Å². The van der Waals surface area contributed by atoms with Gasteiger partial charge < -0.3 is 0 Å². The van der Waals surface area contributed by atoms with E-state index in [-0.39, 0.29) is 0 Å². The standard InChI is InChI=1S/C12H12OS/c1-3-9-4-10(6-13)12-8(2)7-14-11(12)5-9/h4-7H,3H2,1-2H3. The number of thiophene rings is 1. The van der Waals surface area contributed by atoms with E-state index in [9.17, 15) is 4.79 Å². The molecule has 0 saturated heterocycles. The lowest BCUT2D eigenvalue weighted by Crippen LogP contribution is -1.87. The number of benzene rings is 1. The monoisotopic (exact) mass is 204 g/mol. The number of aldehydes is 1. The molecule has 1 aromatic carbocycles. The molecule has 0 unspecified atom stereocenters. The largest absolute Gasteiger partial charge is 0.298 e. The van der Waals surface area contributed by atoms with Crippen molar-refractivity contribution in [3.05, 3.63) is 34.2 Å². The van der Waals surface area contributed by atoms with Crippen molar-refractivity contribution >= 4 is 27.7 Å². The fourth-order valence-corrected chi connectivity index (χ4v) is 2.76. The van der Waals surface area contributed by atoms with Gasteiger partial charge in [-0.3, -0.25) is 4.79 Å². The summed E-state index contributed by atoms with van der Waals surface area (Å²) < 4.78 is 1.23. The normalized spacial score (nSPS) is 10.7. The zero-order valence-corrected chi connectivity index (χ0v) is 9.15. The zero-order chi connectivity index (χ0) is 10.1. The summed E-state index contributed by atoms with van der Waals surface area (Å²) in [6.45, 7) is 4.16. The van der Waals surface area contributed by atoms with Crippen LogP contribution in [0.3, 0.4) is 0 Å². The van der Waals surface area contributed by atoms with Crippen molar-refractivity contribution in [1.29, 1.82) is 0 Å². The highest BCUT2D eigenvalue weighted by atomic mass is 32.1. The van der Waals surface area contributed by atoms with Gasteiger partial charge in [-0.2, -0.15) is 0 Å². The molecule has 0 aliphatic carbocycles. The molecule has 2 rings (SSSR count). The predicted molar refractivity (Wildman–Crippen MR) is 61.3 cm³/mol. The molecular weight excluding hydrogens is 192 g/mol. The Morgan fingerprint density at radius 3 is 2.86 bits per heavy atom. The van der Waals surface area contributed by atoms with E-state index in [0.717, 1.165) is 23.7 Å². The third-order valence-electron chi connectivity index (χ3n) is 2.48. The molecular formula is C12H12OS. The average molecular weight is 204 g/mol. The highest BCUT2D eigenvalue weighted by molar-refractivity contribution is 7.17. The van der Waals surface area contributed by atoms with Gasteiger partial charge in [0.15, 0.2) is 6.29 Å². The maximum absolute atomic E-state index is 10.9. The van der Waals surface area contributed by atoms with Crippen LogP contribution >= 0.6 is 11.3 Å². The summed E-state index contributed by atoms with van der Waals surface area (Å²) in [5, 5.41) is 3.24. The first kappa shape index (κ1) is 9.41. The second kappa shape index (κ2) is 3.54. The van der Waals surface area contributed by atoms with Gasteiger partial charge in [0, 0.05) is 15.6 Å². The van der Waals surface area contributed by atoms with Gasteiger partial charge >= 0.3 is 0 Å². The SMILES string of the molecule is CCc1cc(C=O)c2c(C)csc2c1. The number of carbonyl (C=O) groups is 1. The first-order chi connectivity index (χ1) is 6.76. The number of fused-ring (bicyclic) bond motifs is 1. The second-order valence-corrected chi connectivity index (χ2v) is 4.36. The Hall–Kier alpha value is -1.15. The minimum atomic E-state index is 0.832. The Bertz CT molecular complexity index is 482. The van der Waals surface area contributed by atoms with Gasteiger partial charge in [-0.15, -0.1) is 11.3 Å². The highest BCUT2D eigenvalue weighted by Crippen LogP contribution is 2.29. The number of carbonyl (C=O) groups excluding carboxylic acids is 1. The third-order valence-corrected chi connectivity index (χ3v) is 3.53. The van der Waals surface area contributed by atoms with Crippen molar-refractivity contribution in [3.63, 3.8) is 0 Å². The number of hydrogen-bond acceptors (Lipinski definition) is 2. The van der Waals surface area contributed by atoms with Gasteiger partial charge in [-0.25, -0.2) is 0 Å². The summed E-state index contributed by atoms with van der Waals surface area (Å²) in [6, 6.07) is 4.18. The minimum Gasteiger partial charge on any atom is -0.298 e. The van der Waals surface area contributed by atoms with Gasteiger partial charge in [-0.05, 0) is 42.0 Å². The van der Waals surface area contributed by atoms with E-state index in [4.69, 9.17) is 0 Å². The van der Waals surface area contributed by atoms with E-state index >= 15 is 0 Å². The van der Waals surface area contributed by atoms with E-state index < -0.39 is 0 Å². The molecule has 14 heavy (non-hydrogen) atoms. The van der Waals surface area contributed by atoms with Crippen LogP contribution in [0.4, 0.5) is 0 Å². The molecule has 0 atom stereocenters. The van der Waals surface area contributed by atoms with Gasteiger partial charge in [0.05, 0.1) is 0 Å². The van der Waals surface area contributed by atoms with Crippen molar-refractivity contribution in [3.8, 4) is 0 Å². The summed E-state index contributed by atoms with van der Waals surface area (Å²) in [5.41, 5.74) is 3.27. The molecule has 1 nitrogen and oxygen atoms in total. The summed E-state index contributed by atoms with van der Waals surface area (Å²) in [6.07, 6.45) is 1.94. The van der Waals surface area contributed by atoms with Crippen LogP contribution in [0.1, 0.15) is 28.4 Å². The maximum atomic E-state index is 10.9. The Labute approximate surface area is 87.4 Å². The van der Waals surface area contributed by atoms with Crippen molar-refractivity contribution in [1.82, 2.24) is 0 Å². The van der Waals surface area contributed by atoms with Crippen molar-refractivity contribution in [2.24, 2.45) is 0 Å². The van der Waals surface area contributed by atoms with E-state index in [2.05, 4.69) is 25.3 Å². The third kappa shape index (κ3) is 1.36. The molecule has 0 radical (unpaired) electrons. The van der Waals surface area contributed by atoms with Crippen LogP contribution in [0.5, 0.6) is 0 Å². The summed E-state index contributed by atoms with van der Waals surface area (Å²) in [7, 11) is 0. The molecule has 0 aliphatic rings. The fraction of sp³-hybridized carbons (Fsp3) is 0.250. The molecule has 0 spiro atoms. The van der Waals surface area contributed by atoms with Crippen LogP contribution in [-0.2, 0) is 6.42 Å². The quantitative estimate of drug-likeness (QED) is 0.683. The first-order valence-corrected chi connectivity index (χ1v) is 5.60. The molecule has 0 fully saturated rings. The molecule has 0 saturated carbocycles. The Balaban J connectivity index is 2.82. The number of hydrogen-bond donors (Lipinski definition) is 0. The van der Waals surface area contributed by atoms with Crippen molar-refractivity contribution in [2.45, 2.75) is 20.3 Å². The van der Waals surface area contributed by atoms with Crippen molar-refractivity contribution < 1.29 is 4.79 Å². The van der Waals surface area contributed by atoms with Crippen LogP contribution in [0.2, 0.25) is 0 Å². The van der Waals surface area contributed by atoms with Crippen LogP contribution < -0.4 is 0 Å². The molecule has 1 heterocycles. The lowest BCUT2D eigenvalue weighted by atomic mass is 10.0. The first-order valence-electron chi connectivity index (χ1n) is 4.72. The topological polar surface area (TPSA) is 17.1 Å². The van der Waals surface area contributed by atoms with E-state index in [1.54, 1.807) is 11.3 Å². The Morgan fingerprint density at radius 2 is 2.21 bits per heavy atom. The summed E-state index contributed by atoms with van der Waals surface area (Å²) in [4.78, 5) is 10.9. The molecule has 0 aliphatic heterocycles. The lowest BCUT2D eigenvalue weighted by molar-refractivity contribution is 0.112. The Kier molecular flexibility index (Phi) is 2.38. The Morgan fingerprint density at radius 1 is 1.43 bits per heavy atom. The van der Waals surface area contributed by atoms with Gasteiger partial charge in [0.2, 0.25) is 0 Å². The molecule has 0 N–H and O–H groups in total. The van der Waals surface area contributed by atoms with Crippen molar-refractivity contribution in [2.75, 3.05) is 0 Å². The zero-order valence-electron chi connectivity index (χ0n) is 8.33. The molecule has 72 valence electrons. The van der Waals surface area contributed by atoms with E-state index in [0.29, 0.717) is 0 Å². The molecule has 2 heteroatoms. The lowest BCUT2D eigenvalue weighted by Gasteiger charge is -2.01. The maximum Gasteiger partial charge on any atom is 0.150 e. The fourth-order valence-electron chi connectivity index (χ4n) is 1.72. The summed E-state index contributed by atoms with van der Waals surface area (Å²) in [5.74, 6) is 0. The summed E-state index contributed by atoms with van der Waals surface area (Å²) >= 11 is 1.71. The molecule has 0 bridgehead atoms. The van der Waals surface area contributed by atoms with Crippen LogP contribution in [0.25, 0.3) is 10.1 Å². The molecule has 0 amide bonds. The highest BCUT2D eigenvalue weighted by Gasteiger charge is 2.06. The molecule has 1 aromatic heterocycles. The van der Waals surface area contributed by atoms with Gasteiger partial charge in [-0.1, -0.05) is 6.92 Å². The second-order valence-electron chi connectivity index (χ2n) is 3.45. The number of aryl methyl sites for hydroxylation is 2. The van der Waals surface area contributed by atoms with Crippen LogP contribution in [0.15, 0.2) is 17.5 Å². The van der Waals surface area contributed by atoms with E-state index in [1.807, 2.05) is 6.07 Å². The van der Waals surface area contributed by atoms with Gasteiger partial charge in [0.25, 0.3) is 0 Å². The number of rotatable bonds is 2. The smallest absolute Gasteiger partial charge is 0.150 e. The average Bonchev–Trinajstić information content (AvgIpc) is 2.59.